The normalized spacial score (nSPS) is 42.4. The fourth-order valence-electron chi connectivity index (χ4n) is 1.30. The van der Waals surface area contributed by atoms with E-state index in [0.29, 0.717) is 0 Å². The van der Waals surface area contributed by atoms with E-state index in [4.69, 9.17) is 9.47 Å². The van der Waals surface area contributed by atoms with E-state index in [0.717, 1.165) is 6.29 Å². The van der Waals surface area contributed by atoms with Gasteiger partial charge < -0.3 is 14.3 Å². The molecule has 0 amide bonds. The van der Waals surface area contributed by atoms with Crippen molar-refractivity contribution in [3.05, 3.63) is 0 Å². The van der Waals surface area contributed by atoms with Crippen LogP contribution in [0.2, 0.25) is 0 Å². The zero-order valence-corrected chi connectivity index (χ0v) is 7.38. The van der Waals surface area contributed by atoms with E-state index >= 15 is 0 Å². The van der Waals surface area contributed by atoms with E-state index in [-0.39, 0.29) is 6.10 Å². The molecule has 0 aromatic carbocycles. The quantitative estimate of drug-likeness (QED) is 0.536. The van der Waals surface area contributed by atoms with E-state index in [9.17, 15) is 4.79 Å². The Hall–Kier alpha value is -0.410. The molecule has 1 heterocycles. The van der Waals surface area contributed by atoms with E-state index in [2.05, 4.69) is 0 Å². The summed E-state index contributed by atoms with van der Waals surface area (Å²) in [6, 6.07) is 0. The molecule has 0 radical (unpaired) electrons. The molecule has 11 heavy (non-hydrogen) atoms. The van der Waals surface area contributed by atoms with E-state index in [1.54, 1.807) is 20.8 Å². The lowest BCUT2D eigenvalue weighted by Gasteiger charge is -2.20. The van der Waals surface area contributed by atoms with Crippen LogP contribution in [0.3, 0.4) is 0 Å². The van der Waals surface area contributed by atoms with Gasteiger partial charge in [0.25, 0.3) is 0 Å². The lowest BCUT2D eigenvalue weighted by molar-refractivity contribution is -0.163. The zero-order valence-electron chi connectivity index (χ0n) is 7.38. The molecule has 64 valence electrons. The van der Waals surface area contributed by atoms with Crippen molar-refractivity contribution in [2.75, 3.05) is 0 Å². The molecule has 0 bridgehead atoms. The molecule has 1 aliphatic rings. The Kier molecular flexibility index (Phi) is 1.81. The number of hydrogen-bond donors (Lipinski definition) is 0. The van der Waals surface area contributed by atoms with Crippen LogP contribution in [0, 0.1) is 0 Å². The van der Waals surface area contributed by atoms with E-state index < -0.39 is 11.4 Å². The fraction of sp³-hybridized carbons (Fsp3) is 0.875. The molecule has 3 nitrogen and oxygen atoms in total. The third-order valence-electron chi connectivity index (χ3n) is 1.97. The Labute approximate surface area is 66.7 Å². The standard InChI is InChI=1S/C8H14O3/c1-6-8(4,5-9)11-7(2,3)10-6/h5-6H,1-4H3/t6-,8+/m1/s1. The minimum absolute atomic E-state index is 0.171. The molecule has 0 aliphatic carbocycles. The summed E-state index contributed by atoms with van der Waals surface area (Å²) in [7, 11) is 0. The number of aldehydes is 1. The summed E-state index contributed by atoms with van der Waals surface area (Å²) < 4.78 is 10.8. The number of rotatable bonds is 1. The average Bonchev–Trinajstić information content (AvgIpc) is 2.03. The van der Waals surface area contributed by atoms with Crippen LogP contribution >= 0.6 is 0 Å². The SMILES string of the molecule is C[C@H]1OC(C)(C)O[C@@]1(C)C=O. The maximum absolute atomic E-state index is 10.6. The lowest BCUT2D eigenvalue weighted by atomic mass is 10.0. The first-order valence-electron chi connectivity index (χ1n) is 3.74. The van der Waals surface area contributed by atoms with Gasteiger partial charge in [0, 0.05) is 0 Å². The molecule has 1 saturated heterocycles. The molecule has 0 saturated carbocycles. The van der Waals surface area contributed by atoms with Gasteiger partial charge in [0.15, 0.2) is 12.1 Å². The van der Waals surface area contributed by atoms with Crippen LogP contribution in [0.25, 0.3) is 0 Å². The smallest absolute Gasteiger partial charge is 0.164 e. The third kappa shape index (κ3) is 1.44. The predicted molar refractivity (Wildman–Crippen MR) is 40.2 cm³/mol. The predicted octanol–water partition coefficient (Wildman–Crippen LogP) is 1.12. The van der Waals surface area contributed by atoms with Crippen LogP contribution in [-0.4, -0.2) is 23.8 Å². The summed E-state index contributed by atoms with van der Waals surface area (Å²) >= 11 is 0. The van der Waals surface area contributed by atoms with Gasteiger partial charge in [-0.25, -0.2) is 0 Å². The Bertz CT molecular complexity index is 176. The van der Waals surface area contributed by atoms with Crippen molar-refractivity contribution in [3.8, 4) is 0 Å². The second kappa shape index (κ2) is 2.29. The third-order valence-corrected chi connectivity index (χ3v) is 1.97. The summed E-state index contributed by atoms with van der Waals surface area (Å²) in [6.07, 6.45) is 0.627. The van der Waals surface area contributed by atoms with Crippen LogP contribution in [0.15, 0.2) is 0 Å². The van der Waals surface area contributed by atoms with Crippen molar-refractivity contribution in [1.82, 2.24) is 0 Å². The van der Waals surface area contributed by atoms with E-state index in [1.165, 1.54) is 0 Å². The molecule has 2 atom stereocenters. The first-order chi connectivity index (χ1) is 4.90. The Morgan fingerprint density at radius 1 is 1.36 bits per heavy atom. The second-order valence-corrected chi connectivity index (χ2v) is 3.56. The molecule has 0 aromatic rings. The number of carbonyl (C=O) groups is 1. The highest BCUT2D eigenvalue weighted by molar-refractivity contribution is 5.63. The summed E-state index contributed by atoms with van der Waals surface area (Å²) in [6.45, 7) is 7.18. The second-order valence-electron chi connectivity index (χ2n) is 3.56. The van der Waals surface area contributed by atoms with Crippen molar-refractivity contribution < 1.29 is 14.3 Å². The van der Waals surface area contributed by atoms with Gasteiger partial charge >= 0.3 is 0 Å². The van der Waals surface area contributed by atoms with Crippen LogP contribution in [-0.2, 0) is 14.3 Å². The van der Waals surface area contributed by atoms with Gasteiger partial charge in [0.05, 0.1) is 6.10 Å². The fourth-order valence-corrected chi connectivity index (χ4v) is 1.30. The number of ether oxygens (including phenoxy) is 2. The van der Waals surface area contributed by atoms with Crippen molar-refractivity contribution in [1.29, 1.82) is 0 Å². The topological polar surface area (TPSA) is 35.5 Å². The van der Waals surface area contributed by atoms with Gasteiger partial charge in [-0.2, -0.15) is 0 Å². The zero-order chi connectivity index (χ0) is 8.70. The Morgan fingerprint density at radius 2 is 1.91 bits per heavy atom. The first kappa shape index (κ1) is 8.68. The van der Waals surface area contributed by atoms with Crippen molar-refractivity contribution >= 4 is 6.29 Å². The maximum Gasteiger partial charge on any atom is 0.164 e. The van der Waals surface area contributed by atoms with Crippen LogP contribution in [0.4, 0.5) is 0 Å². The van der Waals surface area contributed by atoms with Crippen LogP contribution in [0.1, 0.15) is 27.7 Å². The van der Waals surface area contributed by atoms with Gasteiger partial charge in [0.1, 0.15) is 5.60 Å². The van der Waals surface area contributed by atoms with Crippen LogP contribution < -0.4 is 0 Å². The Balaban J connectivity index is 2.81. The molecule has 0 spiro atoms. The minimum Gasteiger partial charge on any atom is -0.344 e. The summed E-state index contributed by atoms with van der Waals surface area (Å²) in [5.41, 5.74) is -0.774. The average molecular weight is 158 g/mol. The number of carbonyl (C=O) groups excluding carboxylic acids is 1. The van der Waals surface area contributed by atoms with Gasteiger partial charge in [-0.1, -0.05) is 0 Å². The lowest BCUT2D eigenvalue weighted by Crippen LogP contribution is -2.36. The maximum atomic E-state index is 10.6. The summed E-state index contributed by atoms with van der Waals surface area (Å²) in [5.74, 6) is -0.630. The van der Waals surface area contributed by atoms with Crippen molar-refractivity contribution in [3.63, 3.8) is 0 Å². The van der Waals surface area contributed by atoms with Gasteiger partial charge in [0.2, 0.25) is 0 Å². The van der Waals surface area contributed by atoms with Gasteiger partial charge in [-0.15, -0.1) is 0 Å². The summed E-state index contributed by atoms with van der Waals surface area (Å²) in [5, 5.41) is 0. The molecular formula is C8H14O3. The molecule has 0 aromatic heterocycles. The molecule has 1 rings (SSSR count). The number of hydrogen-bond acceptors (Lipinski definition) is 3. The highest BCUT2D eigenvalue weighted by Crippen LogP contribution is 2.34. The molecular weight excluding hydrogens is 144 g/mol. The van der Waals surface area contributed by atoms with Crippen molar-refractivity contribution in [2.45, 2.75) is 45.2 Å². The molecule has 3 heteroatoms. The van der Waals surface area contributed by atoms with Gasteiger partial charge in [-0.3, -0.25) is 0 Å². The largest absolute Gasteiger partial charge is 0.344 e. The molecule has 0 unspecified atom stereocenters. The monoisotopic (exact) mass is 158 g/mol. The van der Waals surface area contributed by atoms with Crippen LogP contribution in [0.5, 0.6) is 0 Å². The van der Waals surface area contributed by atoms with Gasteiger partial charge in [-0.05, 0) is 27.7 Å². The molecule has 1 fully saturated rings. The molecule has 1 aliphatic heterocycles. The highest BCUT2D eigenvalue weighted by Gasteiger charge is 2.47. The summed E-state index contributed by atoms with van der Waals surface area (Å²) in [4.78, 5) is 10.6. The van der Waals surface area contributed by atoms with E-state index in [1.807, 2.05) is 6.92 Å². The highest BCUT2D eigenvalue weighted by atomic mass is 16.8. The first-order valence-corrected chi connectivity index (χ1v) is 3.74. The molecule has 0 N–H and O–H groups in total. The minimum atomic E-state index is -0.774. The van der Waals surface area contributed by atoms with Crippen molar-refractivity contribution in [2.24, 2.45) is 0 Å². The Morgan fingerprint density at radius 3 is 2.09 bits per heavy atom.